The van der Waals surface area contributed by atoms with Crippen molar-refractivity contribution in [3.8, 4) is 0 Å². The molecule has 1 atom stereocenters. The molecule has 0 bridgehead atoms. The lowest BCUT2D eigenvalue weighted by Crippen LogP contribution is -2.54. The van der Waals surface area contributed by atoms with E-state index in [2.05, 4.69) is 11.4 Å². The average molecular weight is 254 g/mol. The molecule has 0 saturated carbocycles. The number of rotatable bonds is 2. The third-order valence-electron chi connectivity index (χ3n) is 3.00. The van der Waals surface area contributed by atoms with Gasteiger partial charge in [0.25, 0.3) is 0 Å². The van der Waals surface area contributed by atoms with Crippen molar-refractivity contribution in [1.29, 1.82) is 0 Å². The maximum absolute atomic E-state index is 12.0. The van der Waals surface area contributed by atoms with Crippen LogP contribution in [0.1, 0.15) is 34.1 Å². The Labute approximate surface area is 108 Å². The van der Waals surface area contributed by atoms with Crippen LogP contribution in [0.3, 0.4) is 0 Å². The lowest BCUT2D eigenvalue weighted by atomic mass is 9.87. The molecule has 0 aromatic carbocycles. The van der Waals surface area contributed by atoms with Crippen molar-refractivity contribution in [1.82, 2.24) is 10.2 Å². The molecule has 0 saturated heterocycles. The second-order valence-corrected chi connectivity index (χ2v) is 5.85. The van der Waals surface area contributed by atoms with E-state index in [0.717, 1.165) is 12.0 Å². The van der Waals surface area contributed by atoms with Crippen LogP contribution in [-0.4, -0.2) is 41.1 Å². The van der Waals surface area contributed by atoms with Gasteiger partial charge in [-0.15, -0.1) is 0 Å². The highest BCUT2D eigenvalue weighted by Gasteiger charge is 2.33. The fourth-order valence-electron chi connectivity index (χ4n) is 1.95. The van der Waals surface area contributed by atoms with Gasteiger partial charge in [-0.05, 0) is 18.8 Å². The minimum absolute atomic E-state index is 0.301. The molecule has 0 radical (unpaired) electrons. The van der Waals surface area contributed by atoms with Crippen LogP contribution in [0.5, 0.6) is 0 Å². The second kappa shape index (κ2) is 5.42. The smallest absolute Gasteiger partial charge is 0.326 e. The van der Waals surface area contributed by atoms with E-state index in [4.69, 9.17) is 5.11 Å². The van der Waals surface area contributed by atoms with Crippen molar-refractivity contribution in [3.63, 3.8) is 0 Å². The molecule has 1 aliphatic heterocycles. The highest BCUT2D eigenvalue weighted by Crippen LogP contribution is 2.20. The van der Waals surface area contributed by atoms with Gasteiger partial charge < -0.3 is 15.3 Å². The van der Waals surface area contributed by atoms with Crippen LogP contribution >= 0.6 is 0 Å². The first-order valence-electron chi connectivity index (χ1n) is 6.15. The number of carboxylic acids is 1. The van der Waals surface area contributed by atoms with Gasteiger partial charge in [-0.1, -0.05) is 32.4 Å². The van der Waals surface area contributed by atoms with E-state index >= 15 is 0 Å². The minimum atomic E-state index is -1.000. The number of hydrogen-bond donors (Lipinski definition) is 2. The number of carbonyl (C=O) groups is 2. The summed E-state index contributed by atoms with van der Waals surface area (Å²) in [7, 11) is 0. The molecule has 5 heteroatoms. The van der Waals surface area contributed by atoms with E-state index in [1.807, 2.05) is 6.92 Å². The van der Waals surface area contributed by atoms with Crippen LogP contribution < -0.4 is 5.32 Å². The Hall–Kier alpha value is -1.52. The molecule has 0 aromatic rings. The molecule has 18 heavy (non-hydrogen) atoms. The molecule has 0 aromatic heterocycles. The summed E-state index contributed by atoms with van der Waals surface area (Å²) in [4.78, 5) is 24.9. The summed E-state index contributed by atoms with van der Waals surface area (Å²) in [5, 5.41) is 11.8. The normalized spacial score (nSPS) is 18.0. The second-order valence-electron chi connectivity index (χ2n) is 5.85. The number of carboxylic acid groups (broad SMARTS) is 1. The molecule has 2 N–H and O–H groups in total. The van der Waals surface area contributed by atoms with Gasteiger partial charge in [0.2, 0.25) is 0 Å². The molecule has 102 valence electrons. The summed E-state index contributed by atoms with van der Waals surface area (Å²) >= 11 is 0. The first kappa shape index (κ1) is 14.5. The third-order valence-corrected chi connectivity index (χ3v) is 3.00. The largest absolute Gasteiger partial charge is 0.480 e. The number of amides is 2. The van der Waals surface area contributed by atoms with E-state index in [-0.39, 0.29) is 6.03 Å². The first-order chi connectivity index (χ1) is 8.21. The summed E-state index contributed by atoms with van der Waals surface area (Å²) in [5.41, 5.74) is 0.626. The lowest BCUT2D eigenvalue weighted by Gasteiger charge is -2.32. The lowest BCUT2D eigenvalue weighted by molar-refractivity contribution is -0.142. The number of carbonyl (C=O) groups excluding carboxylic acids is 1. The van der Waals surface area contributed by atoms with E-state index in [9.17, 15) is 9.59 Å². The first-order valence-corrected chi connectivity index (χ1v) is 6.15. The summed E-state index contributed by atoms with van der Waals surface area (Å²) in [5.74, 6) is -1.000. The molecule has 0 fully saturated rings. The molecule has 5 nitrogen and oxygen atoms in total. The maximum Gasteiger partial charge on any atom is 0.326 e. The summed E-state index contributed by atoms with van der Waals surface area (Å²) in [6.45, 7) is 8.58. The van der Waals surface area contributed by atoms with Gasteiger partial charge >= 0.3 is 12.0 Å². The van der Waals surface area contributed by atoms with Crippen molar-refractivity contribution in [2.24, 2.45) is 5.41 Å². The Balaban J connectivity index is 2.68. The van der Waals surface area contributed by atoms with Crippen LogP contribution in [0.2, 0.25) is 0 Å². The predicted molar refractivity (Wildman–Crippen MR) is 69.4 cm³/mol. The van der Waals surface area contributed by atoms with Crippen molar-refractivity contribution < 1.29 is 14.7 Å². The van der Waals surface area contributed by atoms with Crippen LogP contribution in [-0.2, 0) is 4.79 Å². The minimum Gasteiger partial charge on any atom is -0.480 e. The number of urea groups is 1. The third kappa shape index (κ3) is 3.75. The van der Waals surface area contributed by atoms with Crippen LogP contribution in [0.25, 0.3) is 0 Å². The quantitative estimate of drug-likeness (QED) is 0.739. The number of nitrogens with zero attached hydrogens (tertiary/aromatic N) is 1. The van der Waals surface area contributed by atoms with Crippen LogP contribution in [0.4, 0.5) is 4.79 Å². The van der Waals surface area contributed by atoms with E-state index < -0.39 is 17.4 Å². The topological polar surface area (TPSA) is 69.6 Å². The van der Waals surface area contributed by atoms with Crippen molar-refractivity contribution in [2.45, 2.75) is 40.2 Å². The Morgan fingerprint density at radius 2 is 2.06 bits per heavy atom. The van der Waals surface area contributed by atoms with E-state index in [1.54, 1.807) is 25.7 Å². The molecular formula is C13H22N2O3. The molecule has 1 heterocycles. The van der Waals surface area contributed by atoms with Gasteiger partial charge in [-0.2, -0.15) is 0 Å². The number of nitrogens with one attached hydrogen (secondary N) is 1. The Morgan fingerprint density at radius 3 is 2.50 bits per heavy atom. The molecule has 0 spiro atoms. The molecule has 0 aliphatic carbocycles. The van der Waals surface area contributed by atoms with E-state index in [1.165, 1.54) is 0 Å². The summed E-state index contributed by atoms with van der Waals surface area (Å²) in [6, 6.07) is -1.18. The Bertz CT molecular complexity index is 369. The highest BCUT2D eigenvalue weighted by atomic mass is 16.4. The number of aliphatic carboxylic acids is 1. The van der Waals surface area contributed by atoms with Gasteiger partial charge in [-0.25, -0.2) is 9.59 Å². The average Bonchev–Trinajstić information content (AvgIpc) is 2.23. The monoisotopic (exact) mass is 254 g/mol. The zero-order valence-electron chi connectivity index (χ0n) is 11.5. The molecule has 1 rings (SSSR count). The van der Waals surface area contributed by atoms with Gasteiger partial charge in [0.05, 0.1) is 0 Å². The fraction of sp³-hybridized carbons (Fsp3) is 0.692. The van der Waals surface area contributed by atoms with Gasteiger partial charge in [0.15, 0.2) is 0 Å². The zero-order valence-corrected chi connectivity index (χ0v) is 11.5. The van der Waals surface area contributed by atoms with E-state index in [0.29, 0.717) is 13.1 Å². The van der Waals surface area contributed by atoms with Gasteiger partial charge in [0.1, 0.15) is 6.04 Å². The van der Waals surface area contributed by atoms with Gasteiger partial charge in [-0.3, -0.25) is 0 Å². The van der Waals surface area contributed by atoms with Crippen molar-refractivity contribution in [3.05, 3.63) is 11.6 Å². The van der Waals surface area contributed by atoms with Crippen molar-refractivity contribution in [2.75, 3.05) is 13.1 Å². The highest BCUT2D eigenvalue weighted by molar-refractivity contribution is 5.83. The van der Waals surface area contributed by atoms with Crippen LogP contribution in [0, 0.1) is 5.41 Å². The number of hydrogen-bond acceptors (Lipinski definition) is 2. The molecule has 2 amide bonds. The van der Waals surface area contributed by atoms with Gasteiger partial charge in [0, 0.05) is 13.1 Å². The van der Waals surface area contributed by atoms with Crippen molar-refractivity contribution >= 4 is 12.0 Å². The van der Waals surface area contributed by atoms with Crippen LogP contribution in [0.15, 0.2) is 11.6 Å². The Kier molecular flexibility index (Phi) is 4.38. The maximum atomic E-state index is 12.0. The fourth-order valence-corrected chi connectivity index (χ4v) is 1.95. The molecular weight excluding hydrogens is 232 g/mol. The summed E-state index contributed by atoms with van der Waals surface area (Å²) < 4.78 is 0. The zero-order chi connectivity index (χ0) is 13.9. The molecule has 1 unspecified atom stereocenters. The standard InChI is InChI=1S/C13H22N2O3/c1-9-6-5-7-15(8-9)12(18)14-10(11(16)17)13(2,3)4/h6,10H,5,7-8H2,1-4H3,(H,14,18)(H,16,17). The SMILES string of the molecule is CC1=CCCN(C(=O)NC(C(=O)O)C(C)(C)C)C1. The molecule has 1 aliphatic rings. The Morgan fingerprint density at radius 1 is 1.44 bits per heavy atom. The predicted octanol–water partition coefficient (Wildman–Crippen LogP) is 1.85. The summed E-state index contributed by atoms with van der Waals surface area (Å²) in [6.07, 6.45) is 2.93.